The van der Waals surface area contributed by atoms with Crippen LogP contribution >= 0.6 is 0 Å². The van der Waals surface area contributed by atoms with Gasteiger partial charge in [0.25, 0.3) is 0 Å². The Labute approximate surface area is 129 Å². The smallest absolute Gasteiger partial charge is 0.0900 e. The Kier molecular flexibility index (Phi) is 7.36. The minimum absolute atomic E-state index is 0.158. The molecule has 1 aromatic rings. The minimum atomic E-state index is -0.445. The Morgan fingerprint density at radius 3 is 2.38 bits per heavy atom. The number of hydrogen-bond donors (Lipinski definition) is 1. The molecule has 0 saturated heterocycles. The normalized spacial score (nSPS) is 13.4. The van der Waals surface area contributed by atoms with Crippen molar-refractivity contribution in [2.45, 2.75) is 66.3 Å². The number of aliphatic hydroxyl groups excluding tert-OH is 1. The minimum Gasteiger partial charge on any atom is -0.389 e. The van der Waals surface area contributed by atoms with E-state index in [0.29, 0.717) is 19.2 Å². The fraction of sp³-hybridized carbons (Fsp3) is 0.667. The average Bonchev–Trinajstić information content (AvgIpc) is 2.39. The molecule has 0 aliphatic rings. The highest BCUT2D eigenvalue weighted by molar-refractivity contribution is 5.30. The highest BCUT2D eigenvalue weighted by atomic mass is 16.5. The van der Waals surface area contributed by atoms with Crippen molar-refractivity contribution in [1.29, 1.82) is 0 Å². The summed E-state index contributed by atoms with van der Waals surface area (Å²) in [6.07, 6.45) is -0.286. The van der Waals surface area contributed by atoms with Crippen molar-refractivity contribution in [3.8, 4) is 0 Å². The Morgan fingerprint density at radius 1 is 1.14 bits per heavy atom. The number of nitrogens with zero attached hydrogens (tertiary/aromatic N) is 1. The molecule has 0 fully saturated rings. The van der Waals surface area contributed by atoms with Crippen LogP contribution in [0.1, 0.15) is 44.4 Å². The lowest BCUT2D eigenvalue weighted by Gasteiger charge is -2.29. The van der Waals surface area contributed by atoms with Crippen LogP contribution in [0.2, 0.25) is 0 Å². The molecule has 0 amide bonds. The maximum Gasteiger partial charge on any atom is 0.0900 e. The van der Waals surface area contributed by atoms with Gasteiger partial charge in [-0.2, -0.15) is 0 Å². The molecule has 120 valence electrons. The summed E-state index contributed by atoms with van der Waals surface area (Å²) in [5, 5.41) is 10.2. The summed E-state index contributed by atoms with van der Waals surface area (Å²) in [5.74, 6) is 0. The van der Waals surface area contributed by atoms with E-state index < -0.39 is 6.10 Å². The van der Waals surface area contributed by atoms with E-state index >= 15 is 0 Å². The van der Waals surface area contributed by atoms with Crippen LogP contribution in [0.25, 0.3) is 0 Å². The van der Waals surface area contributed by atoms with E-state index in [2.05, 4.69) is 50.8 Å². The molecule has 0 heterocycles. The number of ether oxygens (including phenoxy) is 1. The van der Waals surface area contributed by atoms with Crippen LogP contribution in [0.3, 0.4) is 0 Å². The Morgan fingerprint density at radius 2 is 1.81 bits per heavy atom. The molecule has 21 heavy (non-hydrogen) atoms. The van der Waals surface area contributed by atoms with E-state index in [9.17, 15) is 5.11 Å². The quantitative estimate of drug-likeness (QED) is 0.798. The number of hydrogen-bond acceptors (Lipinski definition) is 3. The molecule has 0 saturated carbocycles. The lowest BCUT2D eigenvalue weighted by Crippen LogP contribution is -2.39. The van der Waals surface area contributed by atoms with E-state index in [4.69, 9.17) is 4.74 Å². The summed E-state index contributed by atoms with van der Waals surface area (Å²) < 4.78 is 5.50. The van der Waals surface area contributed by atoms with Crippen molar-refractivity contribution in [1.82, 2.24) is 4.90 Å². The summed E-state index contributed by atoms with van der Waals surface area (Å²) in [5.41, 5.74) is 3.92. The van der Waals surface area contributed by atoms with Crippen molar-refractivity contribution >= 4 is 0 Å². The zero-order valence-electron chi connectivity index (χ0n) is 14.4. The maximum atomic E-state index is 10.2. The van der Waals surface area contributed by atoms with Gasteiger partial charge in [0.15, 0.2) is 0 Å². The van der Waals surface area contributed by atoms with E-state index in [1.807, 2.05) is 13.8 Å². The molecular formula is C18H31NO2. The van der Waals surface area contributed by atoms with E-state index in [1.54, 1.807) is 0 Å². The summed E-state index contributed by atoms with van der Waals surface area (Å²) >= 11 is 0. The predicted molar refractivity (Wildman–Crippen MR) is 88.6 cm³/mol. The number of aryl methyl sites for hydroxylation is 2. The third-order valence-electron chi connectivity index (χ3n) is 3.68. The van der Waals surface area contributed by atoms with Gasteiger partial charge in [0.1, 0.15) is 0 Å². The zero-order valence-corrected chi connectivity index (χ0v) is 14.4. The van der Waals surface area contributed by atoms with Crippen molar-refractivity contribution in [3.63, 3.8) is 0 Å². The lowest BCUT2D eigenvalue weighted by molar-refractivity contribution is -0.0136. The summed E-state index contributed by atoms with van der Waals surface area (Å²) in [6.45, 7) is 14.5. The fourth-order valence-electron chi connectivity index (χ4n) is 2.27. The van der Waals surface area contributed by atoms with Crippen molar-refractivity contribution in [2.75, 3.05) is 13.2 Å². The first-order chi connectivity index (χ1) is 9.79. The molecule has 0 unspecified atom stereocenters. The van der Waals surface area contributed by atoms with Gasteiger partial charge in [-0.1, -0.05) is 23.8 Å². The monoisotopic (exact) mass is 293 g/mol. The highest BCUT2D eigenvalue weighted by Crippen LogP contribution is 2.15. The number of aliphatic hydroxyl groups is 1. The SMILES string of the molecule is Cc1ccc(C)c(CN(C[C@H](O)COC(C)C)C(C)C)c1. The van der Waals surface area contributed by atoms with Crippen LogP contribution in [-0.2, 0) is 11.3 Å². The highest BCUT2D eigenvalue weighted by Gasteiger charge is 2.16. The van der Waals surface area contributed by atoms with Gasteiger partial charge in [-0.05, 0) is 52.7 Å². The third kappa shape index (κ3) is 6.60. The van der Waals surface area contributed by atoms with Crippen molar-refractivity contribution < 1.29 is 9.84 Å². The maximum absolute atomic E-state index is 10.2. The second-order valence-electron chi connectivity index (χ2n) is 6.49. The first-order valence-corrected chi connectivity index (χ1v) is 7.89. The molecule has 3 heteroatoms. The molecule has 3 nitrogen and oxygen atoms in total. The second kappa shape index (κ2) is 8.52. The molecule has 0 bridgehead atoms. The average molecular weight is 293 g/mol. The molecule has 1 aromatic carbocycles. The van der Waals surface area contributed by atoms with E-state index in [-0.39, 0.29) is 6.10 Å². The number of rotatable bonds is 8. The Bertz CT molecular complexity index is 429. The Hall–Kier alpha value is -0.900. The van der Waals surface area contributed by atoms with Gasteiger partial charge < -0.3 is 9.84 Å². The molecule has 0 spiro atoms. The molecule has 0 aliphatic carbocycles. The van der Waals surface area contributed by atoms with Crippen molar-refractivity contribution in [3.05, 3.63) is 34.9 Å². The molecule has 1 rings (SSSR count). The third-order valence-corrected chi connectivity index (χ3v) is 3.68. The molecule has 1 atom stereocenters. The lowest BCUT2D eigenvalue weighted by atomic mass is 10.0. The van der Waals surface area contributed by atoms with E-state index in [1.165, 1.54) is 16.7 Å². The van der Waals surface area contributed by atoms with Gasteiger partial charge in [0.2, 0.25) is 0 Å². The van der Waals surface area contributed by atoms with Crippen LogP contribution < -0.4 is 0 Å². The fourth-order valence-corrected chi connectivity index (χ4v) is 2.27. The number of benzene rings is 1. The van der Waals surface area contributed by atoms with Gasteiger partial charge in [-0.25, -0.2) is 0 Å². The van der Waals surface area contributed by atoms with Gasteiger partial charge >= 0.3 is 0 Å². The van der Waals surface area contributed by atoms with Crippen LogP contribution in [0.15, 0.2) is 18.2 Å². The Balaban J connectivity index is 2.67. The van der Waals surface area contributed by atoms with Gasteiger partial charge in [0.05, 0.1) is 18.8 Å². The van der Waals surface area contributed by atoms with Gasteiger partial charge in [-0.15, -0.1) is 0 Å². The van der Waals surface area contributed by atoms with Crippen LogP contribution in [0.4, 0.5) is 0 Å². The van der Waals surface area contributed by atoms with Crippen molar-refractivity contribution in [2.24, 2.45) is 0 Å². The summed E-state index contributed by atoms with van der Waals surface area (Å²) in [7, 11) is 0. The second-order valence-corrected chi connectivity index (χ2v) is 6.49. The van der Waals surface area contributed by atoms with Crippen LogP contribution in [0, 0.1) is 13.8 Å². The summed E-state index contributed by atoms with van der Waals surface area (Å²) in [4.78, 5) is 2.30. The molecule has 0 aliphatic heterocycles. The van der Waals surface area contributed by atoms with Gasteiger partial charge in [0, 0.05) is 19.1 Å². The van der Waals surface area contributed by atoms with Gasteiger partial charge in [-0.3, -0.25) is 4.90 Å². The molecule has 0 radical (unpaired) electrons. The standard InChI is InChI=1S/C18H31NO2/c1-13(2)19(11-18(20)12-21-14(3)4)10-17-9-15(5)7-8-16(17)6/h7-9,13-14,18,20H,10-12H2,1-6H3/t18-/m0/s1. The molecular weight excluding hydrogens is 262 g/mol. The topological polar surface area (TPSA) is 32.7 Å². The summed E-state index contributed by atoms with van der Waals surface area (Å²) in [6, 6.07) is 6.94. The first-order valence-electron chi connectivity index (χ1n) is 7.89. The molecule has 1 N–H and O–H groups in total. The zero-order chi connectivity index (χ0) is 16.0. The molecule has 0 aromatic heterocycles. The van der Waals surface area contributed by atoms with Crippen LogP contribution in [0.5, 0.6) is 0 Å². The largest absolute Gasteiger partial charge is 0.389 e. The predicted octanol–water partition coefficient (Wildman–Crippen LogP) is 3.30. The first kappa shape index (κ1) is 18.1. The van der Waals surface area contributed by atoms with Crippen LogP contribution in [-0.4, -0.2) is 41.4 Å². The van der Waals surface area contributed by atoms with E-state index in [0.717, 1.165) is 6.54 Å².